The van der Waals surface area contributed by atoms with E-state index in [9.17, 15) is 4.79 Å². The molecule has 3 heteroatoms. The molecule has 118 valence electrons. The van der Waals surface area contributed by atoms with Gasteiger partial charge in [0.2, 0.25) is 5.91 Å². The van der Waals surface area contributed by atoms with E-state index in [1.807, 2.05) is 44.2 Å². The molecule has 0 radical (unpaired) electrons. The highest BCUT2D eigenvalue weighted by Gasteiger charge is 2.30. The molecule has 2 rings (SSSR count). The van der Waals surface area contributed by atoms with Crippen LogP contribution in [0.15, 0.2) is 30.3 Å². The molecule has 0 saturated carbocycles. The minimum Gasteiger partial charge on any atom is -0.351 e. The molecule has 1 amide bonds. The minimum atomic E-state index is 0.0751. The first-order valence-corrected chi connectivity index (χ1v) is 8.22. The van der Waals surface area contributed by atoms with Crippen molar-refractivity contribution in [1.82, 2.24) is 10.2 Å². The zero-order valence-corrected chi connectivity index (χ0v) is 13.9. The lowest BCUT2D eigenvalue weighted by atomic mass is 10.1. The third-order valence-electron chi connectivity index (χ3n) is 3.58. The summed E-state index contributed by atoms with van der Waals surface area (Å²) in [6, 6.07) is 10.2. The van der Waals surface area contributed by atoms with Crippen LogP contribution in [0.4, 0.5) is 0 Å². The predicted molar refractivity (Wildman–Crippen MR) is 89.1 cm³/mol. The average Bonchev–Trinajstić information content (AvgIpc) is 2.95. The van der Waals surface area contributed by atoms with Crippen molar-refractivity contribution in [1.29, 1.82) is 0 Å². The summed E-state index contributed by atoms with van der Waals surface area (Å²) in [6.45, 7) is 11.1. The zero-order valence-electron chi connectivity index (χ0n) is 13.9. The number of carbonyl (C=O) groups is 1. The summed E-state index contributed by atoms with van der Waals surface area (Å²) in [5, 5.41) is 3.06. The SMILES string of the molecule is CC.CC(C)CN1CCCC1C(=O)NCc1ccccc1. The molecule has 1 fully saturated rings. The number of rotatable bonds is 5. The van der Waals surface area contributed by atoms with Gasteiger partial charge in [0.25, 0.3) is 0 Å². The second-order valence-corrected chi connectivity index (χ2v) is 5.75. The van der Waals surface area contributed by atoms with Crippen molar-refractivity contribution < 1.29 is 4.79 Å². The fourth-order valence-corrected chi connectivity index (χ4v) is 2.71. The van der Waals surface area contributed by atoms with Gasteiger partial charge in [0.15, 0.2) is 0 Å². The van der Waals surface area contributed by atoms with Gasteiger partial charge >= 0.3 is 0 Å². The third-order valence-corrected chi connectivity index (χ3v) is 3.58. The summed E-state index contributed by atoms with van der Waals surface area (Å²) >= 11 is 0. The van der Waals surface area contributed by atoms with E-state index in [-0.39, 0.29) is 11.9 Å². The number of hydrogen-bond acceptors (Lipinski definition) is 2. The Morgan fingerprint density at radius 3 is 2.57 bits per heavy atom. The van der Waals surface area contributed by atoms with Crippen molar-refractivity contribution in [3.63, 3.8) is 0 Å². The molecule has 1 unspecified atom stereocenters. The summed E-state index contributed by atoms with van der Waals surface area (Å²) < 4.78 is 0. The molecular weight excluding hydrogens is 260 g/mol. The van der Waals surface area contributed by atoms with Crippen LogP contribution >= 0.6 is 0 Å². The number of benzene rings is 1. The summed E-state index contributed by atoms with van der Waals surface area (Å²) in [6.07, 6.45) is 2.13. The van der Waals surface area contributed by atoms with E-state index in [0.717, 1.165) is 31.5 Å². The summed E-state index contributed by atoms with van der Waals surface area (Å²) in [5.41, 5.74) is 1.16. The second kappa shape index (κ2) is 9.56. The zero-order chi connectivity index (χ0) is 15.7. The van der Waals surface area contributed by atoms with Crippen molar-refractivity contribution in [3.05, 3.63) is 35.9 Å². The van der Waals surface area contributed by atoms with E-state index in [1.165, 1.54) is 0 Å². The maximum absolute atomic E-state index is 12.3. The molecule has 0 bridgehead atoms. The van der Waals surface area contributed by atoms with Crippen LogP contribution in [0, 0.1) is 5.92 Å². The highest BCUT2D eigenvalue weighted by atomic mass is 16.2. The molecule has 1 aromatic rings. The van der Waals surface area contributed by atoms with Gasteiger partial charge in [0.1, 0.15) is 0 Å². The fraction of sp³-hybridized carbons (Fsp3) is 0.611. The molecule has 0 aromatic heterocycles. The Labute approximate surface area is 129 Å². The van der Waals surface area contributed by atoms with Gasteiger partial charge < -0.3 is 5.32 Å². The van der Waals surface area contributed by atoms with Crippen molar-refractivity contribution in [2.75, 3.05) is 13.1 Å². The maximum atomic E-state index is 12.3. The van der Waals surface area contributed by atoms with Gasteiger partial charge in [-0.15, -0.1) is 0 Å². The van der Waals surface area contributed by atoms with Gasteiger partial charge in [0.05, 0.1) is 6.04 Å². The first kappa shape index (κ1) is 17.7. The van der Waals surface area contributed by atoms with Crippen LogP contribution in [0.25, 0.3) is 0 Å². The Morgan fingerprint density at radius 1 is 1.29 bits per heavy atom. The first-order chi connectivity index (χ1) is 10.2. The van der Waals surface area contributed by atoms with E-state index in [1.54, 1.807) is 0 Å². The Kier molecular flexibility index (Phi) is 8.06. The molecule has 1 N–H and O–H groups in total. The molecule has 1 saturated heterocycles. The van der Waals surface area contributed by atoms with Gasteiger partial charge in [-0.05, 0) is 30.9 Å². The molecule has 1 atom stereocenters. The van der Waals surface area contributed by atoms with E-state index in [4.69, 9.17) is 0 Å². The van der Waals surface area contributed by atoms with Gasteiger partial charge in [-0.1, -0.05) is 58.0 Å². The van der Waals surface area contributed by atoms with Crippen LogP contribution in [0.3, 0.4) is 0 Å². The Hall–Kier alpha value is -1.35. The molecule has 21 heavy (non-hydrogen) atoms. The van der Waals surface area contributed by atoms with Crippen LogP contribution in [-0.2, 0) is 11.3 Å². The Bertz CT molecular complexity index is 403. The van der Waals surface area contributed by atoms with E-state index >= 15 is 0 Å². The van der Waals surface area contributed by atoms with Crippen molar-refractivity contribution in [2.45, 2.75) is 53.1 Å². The molecule has 0 aliphatic carbocycles. The lowest BCUT2D eigenvalue weighted by Gasteiger charge is -2.25. The van der Waals surface area contributed by atoms with Crippen LogP contribution < -0.4 is 5.32 Å². The third kappa shape index (κ3) is 5.88. The van der Waals surface area contributed by atoms with Crippen LogP contribution in [-0.4, -0.2) is 29.9 Å². The molecule has 0 spiro atoms. The fourth-order valence-electron chi connectivity index (χ4n) is 2.71. The number of carbonyl (C=O) groups excluding carboxylic acids is 1. The molecule has 1 aliphatic heterocycles. The van der Waals surface area contributed by atoms with Gasteiger partial charge in [-0.25, -0.2) is 0 Å². The molecule has 3 nitrogen and oxygen atoms in total. The van der Waals surface area contributed by atoms with Crippen molar-refractivity contribution >= 4 is 5.91 Å². The lowest BCUT2D eigenvalue weighted by Crippen LogP contribution is -2.44. The van der Waals surface area contributed by atoms with Gasteiger partial charge in [-0.2, -0.15) is 0 Å². The topological polar surface area (TPSA) is 32.3 Å². The van der Waals surface area contributed by atoms with E-state index in [0.29, 0.717) is 12.5 Å². The monoisotopic (exact) mass is 290 g/mol. The number of nitrogens with zero attached hydrogens (tertiary/aromatic N) is 1. The Morgan fingerprint density at radius 2 is 1.95 bits per heavy atom. The number of nitrogens with one attached hydrogen (secondary N) is 1. The summed E-state index contributed by atoms with van der Waals surface area (Å²) in [7, 11) is 0. The average molecular weight is 290 g/mol. The normalized spacial score (nSPS) is 18.2. The summed E-state index contributed by atoms with van der Waals surface area (Å²) in [4.78, 5) is 14.6. The molecule has 1 aliphatic rings. The largest absolute Gasteiger partial charge is 0.351 e. The Balaban J connectivity index is 0.00000106. The van der Waals surface area contributed by atoms with Crippen LogP contribution in [0.5, 0.6) is 0 Å². The highest BCUT2D eigenvalue weighted by molar-refractivity contribution is 5.82. The molecular formula is C18H30N2O. The summed E-state index contributed by atoms with van der Waals surface area (Å²) in [5.74, 6) is 0.796. The van der Waals surface area contributed by atoms with Gasteiger partial charge in [-0.3, -0.25) is 9.69 Å². The first-order valence-electron chi connectivity index (χ1n) is 8.22. The lowest BCUT2D eigenvalue weighted by molar-refractivity contribution is -0.125. The second-order valence-electron chi connectivity index (χ2n) is 5.75. The standard InChI is InChI=1S/C16H24N2O.C2H6/c1-13(2)12-18-10-6-9-15(18)16(19)17-11-14-7-4-3-5-8-14;1-2/h3-5,7-8,13,15H,6,9-12H2,1-2H3,(H,17,19);1-2H3. The highest BCUT2D eigenvalue weighted by Crippen LogP contribution is 2.18. The van der Waals surface area contributed by atoms with E-state index < -0.39 is 0 Å². The molecule has 1 heterocycles. The van der Waals surface area contributed by atoms with Gasteiger partial charge in [0, 0.05) is 13.1 Å². The van der Waals surface area contributed by atoms with Crippen LogP contribution in [0.1, 0.15) is 46.1 Å². The number of likely N-dealkylation sites (tertiary alicyclic amines) is 1. The van der Waals surface area contributed by atoms with Crippen molar-refractivity contribution in [2.24, 2.45) is 5.92 Å². The predicted octanol–water partition coefficient (Wildman–Crippen LogP) is 3.45. The minimum absolute atomic E-state index is 0.0751. The van der Waals surface area contributed by atoms with Crippen molar-refractivity contribution in [3.8, 4) is 0 Å². The number of hydrogen-bond donors (Lipinski definition) is 1. The number of amides is 1. The van der Waals surface area contributed by atoms with E-state index in [2.05, 4.69) is 24.1 Å². The maximum Gasteiger partial charge on any atom is 0.237 e. The molecule has 1 aromatic carbocycles. The quantitative estimate of drug-likeness (QED) is 0.901. The smallest absolute Gasteiger partial charge is 0.237 e. The van der Waals surface area contributed by atoms with Crippen LogP contribution in [0.2, 0.25) is 0 Å².